The van der Waals surface area contributed by atoms with Gasteiger partial charge in [-0.05, 0) is 44.3 Å². The number of benzene rings is 1. The number of pyridine rings is 1. The maximum absolute atomic E-state index is 12.7. The van der Waals surface area contributed by atoms with Gasteiger partial charge >= 0.3 is 0 Å². The van der Waals surface area contributed by atoms with Crippen LogP contribution in [0.25, 0.3) is 5.65 Å². The summed E-state index contributed by atoms with van der Waals surface area (Å²) in [4.78, 5) is 18.9. The summed E-state index contributed by atoms with van der Waals surface area (Å²) in [6, 6.07) is 11.4. The number of amides is 1. The number of hydrogen-bond acceptors (Lipinski definition) is 5. The number of fused-ring (bicyclic) bond motifs is 1. The van der Waals surface area contributed by atoms with Gasteiger partial charge in [0.1, 0.15) is 0 Å². The Morgan fingerprint density at radius 2 is 2.04 bits per heavy atom. The van der Waals surface area contributed by atoms with E-state index in [-0.39, 0.29) is 17.9 Å². The van der Waals surface area contributed by atoms with Gasteiger partial charge in [-0.1, -0.05) is 24.3 Å². The van der Waals surface area contributed by atoms with Crippen molar-refractivity contribution in [2.75, 3.05) is 26.4 Å². The number of aryl methyl sites for hydroxylation is 1. The molecule has 1 atom stereocenters. The minimum atomic E-state index is -0.161. The molecule has 1 amide bonds. The first-order chi connectivity index (χ1) is 11.9. The Morgan fingerprint density at radius 1 is 1.28 bits per heavy atom. The van der Waals surface area contributed by atoms with Crippen molar-refractivity contribution < 1.29 is 4.79 Å². The van der Waals surface area contributed by atoms with Gasteiger partial charge in [-0.2, -0.15) is 4.98 Å². The molecule has 0 spiro atoms. The van der Waals surface area contributed by atoms with Crippen LogP contribution in [-0.2, 0) is 0 Å². The summed E-state index contributed by atoms with van der Waals surface area (Å²) < 4.78 is 1.51. The first-order valence-electron chi connectivity index (χ1n) is 8.07. The molecule has 25 heavy (non-hydrogen) atoms. The Balaban J connectivity index is 1.87. The number of aromatic nitrogens is 3. The largest absolute Gasteiger partial charge is 0.366 e. The molecular formula is C18H22N6O. The van der Waals surface area contributed by atoms with Gasteiger partial charge in [0.2, 0.25) is 5.95 Å². The molecule has 130 valence electrons. The number of likely N-dealkylation sites (N-methyl/N-ethyl adjacent to an activating group) is 1. The van der Waals surface area contributed by atoms with E-state index in [1.54, 1.807) is 18.3 Å². The van der Waals surface area contributed by atoms with Crippen molar-refractivity contribution in [3.05, 3.63) is 59.3 Å². The van der Waals surface area contributed by atoms with Gasteiger partial charge < -0.3 is 16.0 Å². The van der Waals surface area contributed by atoms with Crippen LogP contribution in [0, 0.1) is 6.92 Å². The molecule has 0 fully saturated rings. The minimum Gasteiger partial charge on any atom is -0.366 e. The standard InChI is InChI=1S/C18H22N6O/c1-12-6-4-5-7-14(12)15(11-23(2)3)20-17(25)13-8-9-16-21-18(19)22-24(16)10-13/h4-10,15H,11H2,1-3H3,(H2,19,22)(H,20,25). The fraction of sp³-hybridized carbons (Fsp3) is 0.278. The molecule has 0 bridgehead atoms. The van der Waals surface area contributed by atoms with Crippen LogP contribution < -0.4 is 11.1 Å². The zero-order valence-electron chi connectivity index (χ0n) is 14.6. The fourth-order valence-electron chi connectivity index (χ4n) is 2.84. The molecular weight excluding hydrogens is 316 g/mol. The third-order valence-corrected chi connectivity index (χ3v) is 4.03. The first-order valence-corrected chi connectivity index (χ1v) is 8.07. The Hall–Kier alpha value is -2.93. The van der Waals surface area contributed by atoms with Gasteiger partial charge in [0, 0.05) is 12.7 Å². The fourth-order valence-corrected chi connectivity index (χ4v) is 2.84. The number of nitrogens with one attached hydrogen (secondary N) is 1. The van der Waals surface area contributed by atoms with Crippen LogP contribution in [0.4, 0.5) is 5.95 Å². The van der Waals surface area contributed by atoms with Gasteiger partial charge in [-0.15, -0.1) is 5.10 Å². The van der Waals surface area contributed by atoms with Crippen molar-refractivity contribution in [3.8, 4) is 0 Å². The molecule has 1 aromatic carbocycles. The van der Waals surface area contributed by atoms with Gasteiger partial charge in [0.05, 0.1) is 11.6 Å². The van der Waals surface area contributed by atoms with Crippen LogP contribution in [0.1, 0.15) is 27.5 Å². The lowest BCUT2D eigenvalue weighted by Gasteiger charge is -2.24. The number of nitrogens with zero attached hydrogens (tertiary/aromatic N) is 4. The van der Waals surface area contributed by atoms with Crippen LogP contribution in [0.15, 0.2) is 42.6 Å². The van der Waals surface area contributed by atoms with Crippen molar-refractivity contribution in [2.45, 2.75) is 13.0 Å². The second-order valence-electron chi connectivity index (χ2n) is 6.34. The van der Waals surface area contributed by atoms with Crippen LogP contribution in [0.2, 0.25) is 0 Å². The molecule has 0 aliphatic carbocycles. The average Bonchev–Trinajstić information content (AvgIpc) is 2.93. The van der Waals surface area contributed by atoms with Crippen LogP contribution in [0.3, 0.4) is 0 Å². The van der Waals surface area contributed by atoms with Gasteiger partial charge in [-0.3, -0.25) is 4.79 Å². The van der Waals surface area contributed by atoms with Crippen molar-refractivity contribution in [1.29, 1.82) is 0 Å². The summed E-state index contributed by atoms with van der Waals surface area (Å²) in [5.41, 5.74) is 8.97. The number of nitrogen functional groups attached to an aromatic ring is 1. The van der Waals surface area contributed by atoms with E-state index in [2.05, 4.69) is 20.3 Å². The maximum atomic E-state index is 12.7. The molecule has 0 radical (unpaired) electrons. The van der Waals surface area contributed by atoms with E-state index in [9.17, 15) is 4.79 Å². The van der Waals surface area contributed by atoms with E-state index in [0.717, 1.165) is 11.1 Å². The number of carbonyl (C=O) groups is 1. The third-order valence-electron chi connectivity index (χ3n) is 4.03. The van der Waals surface area contributed by atoms with E-state index >= 15 is 0 Å². The number of nitrogens with two attached hydrogens (primary N) is 1. The number of hydrogen-bond donors (Lipinski definition) is 2. The second kappa shape index (κ2) is 6.90. The SMILES string of the molecule is Cc1ccccc1C(CN(C)C)NC(=O)c1ccc2nc(N)nn2c1. The Labute approximate surface area is 146 Å². The highest BCUT2D eigenvalue weighted by atomic mass is 16.1. The number of carbonyl (C=O) groups excluding carboxylic acids is 1. The molecule has 0 saturated heterocycles. The lowest BCUT2D eigenvalue weighted by molar-refractivity contribution is 0.0929. The molecule has 2 aromatic heterocycles. The smallest absolute Gasteiger partial charge is 0.253 e. The van der Waals surface area contributed by atoms with E-state index in [1.807, 2.05) is 45.3 Å². The van der Waals surface area contributed by atoms with E-state index in [1.165, 1.54) is 4.52 Å². The molecule has 0 saturated carbocycles. The number of rotatable bonds is 5. The second-order valence-corrected chi connectivity index (χ2v) is 6.34. The molecule has 0 aliphatic heterocycles. The highest BCUT2D eigenvalue weighted by Gasteiger charge is 2.18. The van der Waals surface area contributed by atoms with E-state index < -0.39 is 0 Å². The molecule has 0 aliphatic rings. The average molecular weight is 338 g/mol. The molecule has 7 nitrogen and oxygen atoms in total. The summed E-state index contributed by atoms with van der Waals surface area (Å²) in [6.07, 6.45) is 1.64. The van der Waals surface area contributed by atoms with E-state index in [0.29, 0.717) is 17.8 Å². The Bertz CT molecular complexity index is 901. The predicted octanol–water partition coefficient (Wildman–Crippen LogP) is 1.65. The number of anilines is 1. The van der Waals surface area contributed by atoms with Crippen molar-refractivity contribution in [1.82, 2.24) is 24.8 Å². The predicted molar refractivity (Wildman–Crippen MR) is 97.3 cm³/mol. The normalized spacial score (nSPS) is 12.5. The van der Waals surface area contributed by atoms with Crippen molar-refractivity contribution in [3.63, 3.8) is 0 Å². The highest BCUT2D eigenvalue weighted by Crippen LogP contribution is 2.19. The molecule has 7 heteroatoms. The molecule has 1 unspecified atom stereocenters. The topological polar surface area (TPSA) is 88.5 Å². The summed E-state index contributed by atoms with van der Waals surface area (Å²) in [5.74, 6) is 0.0222. The van der Waals surface area contributed by atoms with Crippen molar-refractivity contribution in [2.24, 2.45) is 0 Å². The Morgan fingerprint density at radius 3 is 2.76 bits per heavy atom. The lowest BCUT2D eigenvalue weighted by atomic mass is 10.0. The van der Waals surface area contributed by atoms with Crippen LogP contribution >= 0.6 is 0 Å². The van der Waals surface area contributed by atoms with Crippen molar-refractivity contribution >= 4 is 17.5 Å². The van der Waals surface area contributed by atoms with Gasteiger partial charge in [-0.25, -0.2) is 4.52 Å². The lowest BCUT2D eigenvalue weighted by Crippen LogP contribution is -2.35. The summed E-state index contributed by atoms with van der Waals surface area (Å²) in [7, 11) is 3.98. The van der Waals surface area contributed by atoms with Gasteiger partial charge in [0.15, 0.2) is 5.65 Å². The molecule has 3 rings (SSSR count). The van der Waals surface area contributed by atoms with E-state index in [4.69, 9.17) is 5.73 Å². The molecule has 3 aromatic rings. The third kappa shape index (κ3) is 3.77. The molecule has 2 heterocycles. The van der Waals surface area contributed by atoms with Crippen LogP contribution in [-0.4, -0.2) is 46.0 Å². The summed E-state index contributed by atoms with van der Waals surface area (Å²) >= 11 is 0. The summed E-state index contributed by atoms with van der Waals surface area (Å²) in [5, 5.41) is 7.17. The van der Waals surface area contributed by atoms with Crippen LogP contribution in [0.5, 0.6) is 0 Å². The quantitative estimate of drug-likeness (QED) is 0.738. The first kappa shape index (κ1) is 16.9. The Kier molecular flexibility index (Phi) is 4.67. The highest BCUT2D eigenvalue weighted by molar-refractivity contribution is 5.94. The minimum absolute atomic E-state index is 0.111. The summed E-state index contributed by atoms with van der Waals surface area (Å²) in [6.45, 7) is 2.75. The molecule has 3 N–H and O–H groups in total. The van der Waals surface area contributed by atoms with Gasteiger partial charge in [0.25, 0.3) is 5.91 Å². The maximum Gasteiger partial charge on any atom is 0.253 e. The monoisotopic (exact) mass is 338 g/mol. The zero-order chi connectivity index (χ0) is 18.0. The zero-order valence-corrected chi connectivity index (χ0v) is 14.6.